The van der Waals surface area contributed by atoms with Gasteiger partial charge in [0.2, 0.25) is 11.8 Å². The highest BCUT2D eigenvalue weighted by atomic mass is 16.3. The lowest BCUT2D eigenvalue weighted by atomic mass is 10.1. The molecule has 1 aliphatic heterocycles. The van der Waals surface area contributed by atoms with Crippen LogP contribution in [0.15, 0.2) is 24.3 Å². The van der Waals surface area contributed by atoms with Crippen molar-refractivity contribution in [3.8, 4) is 0 Å². The van der Waals surface area contributed by atoms with Crippen LogP contribution in [0.3, 0.4) is 0 Å². The fourth-order valence-corrected chi connectivity index (χ4v) is 2.67. The molecule has 1 aromatic rings. The van der Waals surface area contributed by atoms with E-state index < -0.39 is 0 Å². The van der Waals surface area contributed by atoms with Gasteiger partial charge in [-0.1, -0.05) is 12.1 Å². The average molecular weight is 290 g/mol. The van der Waals surface area contributed by atoms with E-state index >= 15 is 0 Å². The minimum Gasteiger partial charge on any atom is -0.396 e. The van der Waals surface area contributed by atoms with Crippen molar-refractivity contribution in [3.63, 3.8) is 0 Å². The van der Waals surface area contributed by atoms with E-state index in [2.05, 4.69) is 5.32 Å². The number of anilines is 1. The number of carbonyl (C=O) groups excluding carboxylic acids is 2. The summed E-state index contributed by atoms with van der Waals surface area (Å²) in [5, 5.41) is 11.6. The Kier molecular flexibility index (Phi) is 5.33. The summed E-state index contributed by atoms with van der Waals surface area (Å²) >= 11 is 0. The molecular weight excluding hydrogens is 268 g/mol. The van der Waals surface area contributed by atoms with E-state index in [1.807, 2.05) is 29.2 Å². The first kappa shape index (κ1) is 15.5. The fraction of sp³-hybridized carbons (Fsp3) is 0.500. The van der Waals surface area contributed by atoms with E-state index in [0.29, 0.717) is 12.3 Å². The van der Waals surface area contributed by atoms with Crippen LogP contribution in [0.2, 0.25) is 0 Å². The van der Waals surface area contributed by atoms with Crippen molar-refractivity contribution in [2.45, 2.75) is 26.2 Å². The molecule has 1 unspecified atom stereocenters. The number of aliphatic hydroxyl groups is 1. The Hall–Kier alpha value is -1.88. The molecule has 5 heteroatoms. The summed E-state index contributed by atoms with van der Waals surface area (Å²) < 4.78 is 0. The van der Waals surface area contributed by atoms with E-state index in [0.717, 1.165) is 37.2 Å². The van der Waals surface area contributed by atoms with Crippen molar-refractivity contribution < 1.29 is 14.7 Å². The van der Waals surface area contributed by atoms with Gasteiger partial charge in [0.1, 0.15) is 0 Å². The zero-order chi connectivity index (χ0) is 15.2. The van der Waals surface area contributed by atoms with E-state index in [1.165, 1.54) is 6.92 Å². The van der Waals surface area contributed by atoms with Crippen LogP contribution in [0.1, 0.15) is 25.3 Å². The van der Waals surface area contributed by atoms with Crippen LogP contribution in [0.5, 0.6) is 0 Å². The quantitative estimate of drug-likeness (QED) is 0.861. The van der Waals surface area contributed by atoms with Gasteiger partial charge in [0.25, 0.3) is 0 Å². The maximum atomic E-state index is 12.2. The lowest BCUT2D eigenvalue weighted by Crippen LogP contribution is -2.30. The summed E-state index contributed by atoms with van der Waals surface area (Å²) in [6.45, 7) is 3.20. The highest BCUT2D eigenvalue weighted by molar-refractivity contribution is 5.88. The predicted molar refractivity (Wildman–Crippen MR) is 80.8 cm³/mol. The second kappa shape index (κ2) is 7.22. The molecule has 0 saturated carbocycles. The summed E-state index contributed by atoms with van der Waals surface area (Å²) in [5.74, 6) is 0.453. The molecule has 5 nitrogen and oxygen atoms in total. The zero-order valence-electron chi connectivity index (χ0n) is 12.3. The van der Waals surface area contributed by atoms with Crippen LogP contribution in [0.25, 0.3) is 0 Å². The first-order valence-electron chi connectivity index (χ1n) is 7.33. The SMILES string of the molecule is CC(=O)Nc1ccc(CC(=O)N2CCC(CCO)C2)cc1. The van der Waals surface area contributed by atoms with Gasteiger partial charge in [0.05, 0.1) is 6.42 Å². The Morgan fingerprint density at radius 1 is 1.33 bits per heavy atom. The zero-order valence-corrected chi connectivity index (χ0v) is 12.3. The Labute approximate surface area is 125 Å². The van der Waals surface area contributed by atoms with Crippen LogP contribution < -0.4 is 5.32 Å². The van der Waals surface area contributed by atoms with Crippen molar-refractivity contribution >= 4 is 17.5 Å². The summed E-state index contributed by atoms with van der Waals surface area (Å²) in [6.07, 6.45) is 2.13. The molecule has 0 radical (unpaired) electrons. The summed E-state index contributed by atoms with van der Waals surface area (Å²) in [6, 6.07) is 7.35. The predicted octanol–water partition coefficient (Wildman–Crippen LogP) is 1.42. The number of likely N-dealkylation sites (tertiary alicyclic amines) is 1. The molecule has 1 saturated heterocycles. The third-order valence-corrected chi connectivity index (χ3v) is 3.81. The van der Waals surface area contributed by atoms with Crippen molar-refractivity contribution in [2.75, 3.05) is 25.0 Å². The van der Waals surface area contributed by atoms with Gasteiger partial charge in [-0.2, -0.15) is 0 Å². The van der Waals surface area contributed by atoms with Gasteiger partial charge in [0, 0.05) is 32.3 Å². The van der Waals surface area contributed by atoms with Crippen LogP contribution in [0, 0.1) is 5.92 Å². The van der Waals surface area contributed by atoms with Crippen molar-refractivity contribution in [1.29, 1.82) is 0 Å². The van der Waals surface area contributed by atoms with Crippen molar-refractivity contribution in [2.24, 2.45) is 5.92 Å². The lowest BCUT2D eigenvalue weighted by molar-refractivity contribution is -0.129. The third kappa shape index (κ3) is 4.56. The van der Waals surface area contributed by atoms with Gasteiger partial charge < -0.3 is 15.3 Å². The summed E-state index contributed by atoms with van der Waals surface area (Å²) in [5.41, 5.74) is 1.68. The number of nitrogens with one attached hydrogen (secondary N) is 1. The second-order valence-corrected chi connectivity index (χ2v) is 5.56. The Balaban J connectivity index is 1.86. The van der Waals surface area contributed by atoms with Gasteiger partial charge in [-0.15, -0.1) is 0 Å². The van der Waals surface area contributed by atoms with Gasteiger partial charge in [-0.25, -0.2) is 0 Å². The Morgan fingerprint density at radius 2 is 2.05 bits per heavy atom. The van der Waals surface area contributed by atoms with Crippen molar-refractivity contribution in [1.82, 2.24) is 4.90 Å². The molecule has 2 N–H and O–H groups in total. The van der Waals surface area contributed by atoms with Crippen molar-refractivity contribution in [3.05, 3.63) is 29.8 Å². The highest BCUT2D eigenvalue weighted by Gasteiger charge is 2.25. The third-order valence-electron chi connectivity index (χ3n) is 3.81. The average Bonchev–Trinajstić information content (AvgIpc) is 2.89. The molecule has 0 bridgehead atoms. The number of hydrogen-bond donors (Lipinski definition) is 2. The number of rotatable bonds is 5. The standard InChI is InChI=1S/C16H22N2O3/c1-12(20)17-15-4-2-13(3-5-15)10-16(21)18-8-6-14(11-18)7-9-19/h2-5,14,19H,6-11H2,1H3,(H,17,20). The molecule has 1 fully saturated rings. The molecule has 2 rings (SSSR count). The number of hydrogen-bond acceptors (Lipinski definition) is 3. The van der Waals surface area contributed by atoms with Crippen LogP contribution >= 0.6 is 0 Å². The van der Waals surface area contributed by atoms with E-state index in [-0.39, 0.29) is 18.4 Å². The molecular formula is C16H22N2O3. The molecule has 1 atom stereocenters. The van der Waals surface area contributed by atoms with Gasteiger partial charge in [-0.3, -0.25) is 9.59 Å². The van der Waals surface area contributed by atoms with E-state index in [1.54, 1.807) is 0 Å². The maximum Gasteiger partial charge on any atom is 0.226 e. The maximum absolute atomic E-state index is 12.2. The van der Waals surface area contributed by atoms with E-state index in [4.69, 9.17) is 5.11 Å². The molecule has 2 amide bonds. The minimum atomic E-state index is -0.106. The molecule has 1 aromatic carbocycles. The number of nitrogens with zero attached hydrogens (tertiary/aromatic N) is 1. The number of carbonyl (C=O) groups is 2. The minimum absolute atomic E-state index is 0.106. The molecule has 0 aromatic heterocycles. The fourth-order valence-electron chi connectivity index (χ4n) is 2.67. The van der Waals surface area contributed by atoms with Gasteiger partial charge in [-0.05, 0) is 36.5 Å². The smallest absolute Gasteiger partial charge is 0.226 e. The number of benzene rings is 1. The molecule has 1 heterocycles. The van der Waals surface area contributed by atoms with Crippen LogP contribution in [-0.4, -0.2) is 41.5 Å². The molecule has 114 valence electrons. The summed E-state index contributed by atoms with van der Waals surface area (Å²) in [4.78, 5) is 25.0. The van der Waals surface area contributed by atoms with E-state index in [9.17, 15) is 9.59 Å². The van der Waals surface area contributed by atoms with Crippen LogP contribution in [0.4, 0.5) is 5.69 Å². The molecule has 1 aliphatic rings. The number of amides is 2. The van der Waals surface area contributed by atoms with Crippen LogP contribution in [-0.2, 0) is 16.0 Å². The van der Waals surface area contributed by atoms with Gasteiger partial charge >= 0.3 is 0 Å². The van der Waals surface area contributed by atoms with Gasteiger partial charge in [0.15, 0.2) is 0 Å². The Morgan fingerprint density at radius 3 is 2.67 bits per heavy atom. The first-order valence-corrected chi connectivity index (χ1v) is 7.33. The normalized spacial score (nSPS) is 17.8. The summed E-state index contributed by atoms with van der Waals surface area (Å²) in [7, 11) is 0. The molecule has 0 spiro atoms. The topological polar surface area (TPSA) is 69.6 Å². The largest absolute Gasteiger partial charge is 0.396 e. The lowest BCUT2D eigenvalue weighted by Gasteiger charge is -2.16. The number of aliphatic hydroxyl groups excluding tert-OH is 1. The Bertz CT molecular complexity index is 499. The molecule has 21 heavy (non-hydrogen) atoms. The second-order valence-electron chi connectivity index (χ2n) is 5.56. The first-order chi connectivity index (χ1) is 10.1. The highest BCUT2D eigenvalue weighted by Crippen LogP contribution is 2.20. The monoisotopic (exact) mass is 290 g/mol. The molecule has 0 aliphatic carbocycles.